The minimum absolute atomic E-state index is 0.722. The molecule has 0 aliphatic heterocycles. The van der Waals surface area contributed by atoms with Crippen LogP contribution in [0.2, 0.25) is 0 Å². The van der Waals surface area contributed by atoms with Crippen LogP contribution in [0.3, 0.4) is 0 Å². The van der Waals surface area contributed by atoms with Gasteiger partial charge < -0.3 is 4.55 Å². The molecule has 0 saturated heterocycles. The molecular weight excluding hydrogens is 881 g/mol. The van der Waals surface area contributed by atoms with E-state index in [1.807, 2.05) is 0 Å². The minimum atomic E-state index is -10.1. The molecule has 0 aromatic heterocycles. The van der Waals surface area contributed by atoms with Crippen molar-refractivity contribution in [2.75, 3.05) is 0 Å². The van der Waals surface area contributed by atoms with Crippen LogP contribution in [0.1, 0.15) is 0 Å². The first-order valence-corrected chi connectivity index (χ1v) is 11.8. The predicted octanol–water partition coefficient (Wildman–Crippen LogP) is 8.81. The van der Waals surface area contributed by atoms with Crippen LogP contribution in [0.15, 0.2) is 0 Å². The first-order chi connectivity index (χ1) is 21.7. The molecule has 0 aromatic rings. The van der Waals surface area contributed by atoms with Crippen LogP contribution in [0, 0.1) is 0 Å². The van der Waals surface area contributed by atoms with Crippen molar-refractivity contribution >= 4 is 10.1 Å². The Labute approximate surface area is 259 Å². The zero-order valence-electron chi connectivity index (χ0n) is 21.7. The highest BCUT2D eigenvalue weighted by molar-refractivity contribution is 7.86. The number of ether oxygens (including phenoxy) is 2. The second kappa shape index (κ2) is 12.1. The summed E-state index contributed by atoms with van der Waals surface area (Å²) in [5, 5.41) is -8.47. The van der Waals surface area contributed by atoms with Gasteiger partial charge in [-0.2, -0.15) is 136 Å². The maximum atomic E-state index is 13.7. The molecule has 37 heteroatoms. The van der Waals surface area contributed by atoms with Crippen LogP contribution < -0.4 is 0 Å². The first-order valence-electron chi connectivity index (χ1n) is 10.4. The van der Waals surface area contributed by atoms with Gasteiger partial charge in [-0.1, -0.05) is 0 Å². The molecule has 0 aliphatic rings. The van der Waals surface area contributed by atoms with Gasteiger partial charge in [-0.05, 0) is 0 Å². The fourth-order valence-corrected chi connectivity index (χ4v) is 2.91. The summed E-state index contributed by atoms with van der Waals surface area (Å²) < 4.78 is 442. The number of hydrogen-bond acceptors (Lipinski definition) is 5. The van der Waals surface area contributed by atoms with Crippen molar-refractivity contribution in [2.45, 2.75) is 89.2 Å². The molecule has 52 heavy (non-hydrogen) atoms. The highest BCUT2D eigenvalue weighted by Crippen LogP contribution is 2.67. The Balaban J connectivity index is 7.38. The third kappa shape index (κ3) is 6.47. The maximum absolute atomic E-state index is 13.7. The third-order valence-corrected chi connectivity index (χ3v) is 6.27. The van der Waals surface area contributed by atoms with Crippen LogP contribution in [0.25, 0.3) is 0 Å². The maximum Gasteiger partial charge on any atom is 0.483 e. The Bertz CT molecular complexity index is 1420. The largest absolute Gasteiger partial charge is 0.743 e. The van der Waals surface area contributed by atoms with Crippen LogP contribution in [0.4, 0.5) is 136 Å². The summed E-state index contributed by atoms with van der Waals surface area (Å²) in [6.07, 6.45) is -41.3. The highest BCUT2D eigenvalue weighted by atomic mass is 32.2. The Hall–Kier alpha value is -2.34. The molecule has 0 spiro atoms. The number of hydrogen-bond donors (Lipinski definition) is 0. The molecule has 0 aromatic carbocycles. The van der Waals surface area contributed by atoms with Crippen LogP contribution in [-0.4, -0.2) is 102 Å². The molecule has 0 bridgehead atoms. The van der Waals surface area contributed by atoms with Gasteiger partial charge in [0.1, 0.15) is 0 Å². The Kier molecular flexibility index (Phi) is 11.5. The predicted molar refractivity (Wildman–Crippen MR) is 87.2 cm³/mol. The molecule has 0 aliphatic carbocycles. The molecule has 0 heterocycles. The molecule has 0 amide bonds. The minimum Gasteiger partial charge on any atom is -0.743 e. The van der Waals surface area contributed by atoms with E-state index in [0.717, 1.165) is 9.47 Å². The zero-order chi connectivity index (χ0) is 43.4. The quantitative estimate of drug-likeness (QED) is 0.115. The van der Waals surface area contributed by atoms with Gasteiger partial charge in [0, 0.05) is 0 Å². The number of alkyl halides is 31. The molecule has 314 valence electrons. The van der Waals surface area contributed by atoms with Crippen molar-refractivity contribution in [2.24, 2.45) is 0 Å². The summed E-state index contributed by atoms with van der Waals surface area (Å²) in [7, 11) is -8.63. The van der Waals surface area contributed by atoms with Crippen LogP contribution >= 0.6 is 0 Å². The number of rotatable bonds is 16. The molecule has 0 radical (unpaired) electrons. The van der Waals surface area contributed by atoms with E-state index in [4.69, 9.17) is 0 Å². The van der Waals surface area contributed by atoms with Gasteiger partial charge in [-0.3, -0.25) is 0 Å². The second-order valence-electron chi connectivity index (χ2n) is 8.91. The van der Waals surface area contributed by atoms with E-state index in [-0.39, 0.29) is 0 Å². The van der Waals surface area contributed by atoms with Crippen molar-refractivity contribution in [3.05, 3.63) is 0 Å². The molecular formula is C15F31O5S-. The summed E-state index contributed by atoms with van der Waals surface area (Å²) in [4.78, 5) is 0. The SMILES string of the molecule is O=S(=O)([O-])C(F)(F)C(F)(F)C(F)(F)C(F)(F)C(F)(F)C(F)(F)C(F)(F)C(F)(F)C(F)(F)C(F)(F)C(F)(F)OC(F)(F)C(F)(F)OC(F)(F)C(F)(F)F. The van der Waals surface area contributed by atoms with Crippen molar-refractivity contribution in [1.82, 2.24) is 0 Å². The summed E-state index contributed by atoms with van der Waals surface area (Å²) in [5.41, 5.74) is 0. The Morgan fingerprint density at radius 1 is 0.288 bits per heavy atom. The lowest BCUT2D eigenvalue weighted by atomic mass is 9.86. The van der Waals surface area contributed by atoms with Gasteiger partial charge >= 0.3 is 89.2 Å². The van der Waals surface area contributed by atoms with E-state index in [1.54, 1.807) is 0 Å². The lowest BCUT2D eigenvalue weighted by Gasteiger charge is -2.45. The summed E-state index contributed by atoms with van der Waals surface area (Å²) >= 11 is 0. The fourth-order valence-electron chi connectivity index (χ4n) is 2.47. The molecule has 0 rings (SSSR count). The normalized spacial score (nSPS) is 17.2. The van der Waals surface area contributed by atoms with Gasteiger partial charge in [0.25, 0.3) is 0 Å². The number of halogens is 31. The lowest BCUT2D eigenvalue weighted by Crippen LogP contribution is -2.78. The summed E-state index contributed by atoms with van der Waals surface area (Å²) in [6.45, 7) is 0. The Morgan fingerprint density at radius 2 is 0.481 bits per heavy atom. The third-order valence-electron chi connectivity index (χ3n) is 5.38. The zero-order valence-corrected chi connectivity index (χ0v) is 22.5. The van der Waals surface area contributed by atoms with Crippen molar-refractivity contribution in [3.8, 4) is 0 Å². The molecule has 0 saturated carbocycles. The molecule has 0 atom stereocenters. The topological polar surface area (TPSA) is 75.7 Å². The summed E-state index contributed by atoms with van der Waals surface area (Å²) in [6, 6.07) is 0. The fraction of sp³-hybridized carbons (Fsp3) is 1.00. The van der Waals surface area contributed by atoms with E-state index in [0.29, 0.717) is 0 Å². The van der Waals surface area contributed by atoms with Gasteiger partial charge in [0.15, 0.2) is 10.1 Å². The molecule has 0 unspecified atom stereocenters. The van der Waals surface area contributed by atoms with Crippen LogP contribution in [-0.2, 0) is 19.6 Å². The smallest absolute Gasteiger partial charge is 0.483 e. The lowest BCUT2D eigenvalue weighted by molar-refractivity contribution is -0.557. The standard InChI is InChI=1S/C15HF31O5S/c16-1(17,3(20,21)5(24,25)7(28,29)9(32,33)15(45,46)52(47,48)49)2(18,19)4(22,23)6(26,27)8(30,31)11(37,38)50-13(41,42)14(43,44)51-12(39,40)10(34,35)36/h(H,47,48,49)/p-1. The van der Waals surface area contributed by atoms with Crippen molar-refractivity contribution in [1.29, 1.82) is 0 Å². The van der Waals surface area contributed by atoms with E-state index >= 15 is 0 Å². The molecule has 0 fully saturated rings. The van der Waals surface area contributed by atoms with E-state index in [1.165, 1.54) is 0 Å². The highest BCUT2D eigenvalue weighted by Gasteiger charge is 2.99. The molecule has 5 nitrogen and oxygen atoms in total. The van der Waals surface area contributed by atoms with E-state index in [2.05, 4.69) is 0 Å². The van der Waals surface area contributed by atoms with Gasteiger partial charge in [0.2, 0.25) is 0 Å². The van der Waals surface area contributed by atoms with Crippen molar-refractivity contribution in [3.63, 3.8) is 0 Å². The monoisotopic (exact) mass is 881 g/mol. The van der Waals surface area contributed by atoms with Crippen molar-refractivity contribution < 1.29 is 159 Å². The van der Waals surface area contributed by atoms with Gasteiger partial charge in [0.05, 0.1) is 0 Å². The van der Waals surface area contributed by atoms with Gasteiger partial charge in [-0.15, -0.1) is 0 Å². The second-order valence-corrected chi connectivity index (χ2v) is 10.3. The van der Waals surface area contributed by atoms with E-state index < -0.39 is 99.3 Å². The molecule has 0 N–H and O–H groups in total. The average Bonchev–Trinajstić information content (AvgIpc) is 2.84. The van der Waals surface area contributed by atoms with Crippen LogP contribution in [0.5, 0.6) is 0 Å². The first kappa shape index (κ1) is 49.7. The summed E-state index contributed by atoms with van der Waals surface area (Å²) in [5.74, 6) is -88.0. The van der Waals surface area contributed by atoms with Gasteiger partial charge in [-0.25, -0.2) is 17.9 Å². The van der Waals surface area contributed by atoms with E-state index in [9.17, 15) is 149 Å². The Morgan fingerprint density at radius 3 is 0.692 bits per heavy atom. The average molecular weight is 881 g/mol.